The van der Waals surface area contributed by atoms with Crippen LogP contribution in [0.25, 0.3) is 10.9 Å². The summed E-state index contributed by atoms with van der Waals surface area (Å²) in [5.74, 6) is 0. The molecule has 0 N–H and O–H groups in total. The maximum atomic E-state index is 12.7. The zero-order valence-corrected chi connectivity index (χ0v) is 15.2. The van der Waals surface area contributed by atoms with E-state index in [9.17, 15) is 4.79 Å². The number of rotatable bonds is 3. The molecule has 130 valence electrons. The first-order valence-corrected chi connectivity index (χ1v) is 8.57. The number of hydrogen-bond donors (Lipinski definition) is 0. The van der Waals surface area contributed by atoms with Gasteiger partial charge in [0.1, 0.15) is 5.60 Å². The molecular weight excluding hydrogens is 312 g/mol. The number of carbonyl (C=O) groups excluding carboxylic acids is 1. The van der Waals surface area contributed by atoms with E-state index in [0.29, 0.717) is 0 Å². The summed E-state index contributed by atoms with van der Waals surface area (Å²) >= 11 is 0. The van der Waals surface area contributed by atoms with E-state index in [-0.39, 0.29) is 6.09 Å². The molecule has 4 heteroatoms. The van der Waals surface area contributed by atoms with Gasteiger partial charge in [0.15, 0.2) is 0 Å². The van der Waals surface area contributed by atoms with Gasteiger partial charge in [-0.05, 0) is 45.9 Å². The van der Waals surface area contributed by atoms with Crippen LogP contribution in [0.3, 0.4) is 0 Å². The predicted octanol–water partition coefficient (Wildman–Crippen LogP) is 5.58. The van der Waals surface area contributed by atoms with Gasteiger partial charge in [0.05, 0.1) is 11.2 Å². The standard InChI is InChI=1S/C21H24N2O2/c1-5-22(16-11-7-6-8-12-16)19-15-23(20(24)25-21(2,3)4)18-14-10-9-13-17(18)19/h6-15H,5H2,1-4H3. The smallest absolute Gasteiger partial charge is 0.419 e. The normalized spacial score (nSPS) is 11.5. The van der Waals surface area contributed by atoms with Crippen LogP contribution in [0, 0.1) is 0 Å². The molecular formula is C21H24N2O2. The summed E-state index contributed by atoms with van der Waals surface area (Å²) in [5, 5.41) is 1.03. The Morgan fingerprint density at radius 1 is 1.04 bits per heavy atom. The van der Waals surface area contributed by atoms with Crippen LogP contribution in [0.2, 0.25) is 0 Å². The van der Waals surface area contributed by atoms with Crippen LogP contribution in [0.4, 0.5) is 16.2 Å². The zero-order chi connectivity index (χ0) is 18.0. The molecule has 0 saturated heterocycles. The quantitative estimate of drug-likeness (QED) is 0.626. The molecule has 4 nitrogen and oxygen atoms in total. The first kappa shape index (κ1) is 17.1. The Bertz CT molecular complexity index is 876. The minimum atomic E-state index is -0.535. The minimum absolute atomic E-state index is 0.362. The highest BCUT2D eigenvalue weighted by Gasteiger charge is 2.22. The number of benzene rings is 2. The third-order valence-electron chi connectivity index (χ3n) is 3.96. The summed E-state index contributed by atoms with van der Waals surface area (Å²) in [6, 6.07) is 18.1. The van der Waals surface area contributed by atoms with Crippen molar-refractivity contribution in [1.82, 2.24) is 4.57 Å². The lowest BCUT2D eigenvalue weighted by Gasteiger charge is -2.22. The fourth-order valence-electron chi connectivity index (χ4n) is 2.94. The second-order valence-corrected chi connectivity index (χ2v) is 6.96. The zero-order valence-electron chi connectivity index (χ0n) is 15.2. The number of carbonyl (C=O) groups is 1. The molecule has 0 bridgehead atoms. The van der Waals surface area contributed by atoms with Gasteiger partial charge in [-0.2, -0.15) is 0 Å². The van der Waals surface area contributed by atoms with Crippen molar-refractivity contribution in [3.63, 3.8) is 0 Å². The second-order valence-electron chi connectivity index (χ2n) is 6.96. The van der Waals surface area contributed by atoms with Crippen LogP contribution in [0.1, 0.15) is 27.7 Å². The number of aromatic nitrogens is 1. The Morgan fingerprint density at radius 3 is 2.32 bits per heavy atom. The number of hydrogen-bond acceptors (Lipinski definition) is 3. The molecule has 0 amide bonds. The largest absolute Gasteiger partial charge is 0.443 e. The van der Waals surface area contributed by atoms with E-state index in [1.165, 1.54) is 0 Å². The summed E-state index contributed by atoms with van der Waals surface area (Å²) in [6.07, 6.45) is 1.51. The molecule has 0 atom stereocenters. The van der Waals surface area contributed by atoms with Crippen LogP contribution in [0.5, 0.6) is 0 Å². The minimum Gasteiger partial charge on any atom is -0.443 e. The third kappa shape index (κ3) is 3.53. The summed E-state index contributed by atoms with van der Waals surface area (Å²) in [6.45, 7) is 8.53. The molecule has 0 aliphatic rings. The van der Waals surface area contributed by atoms with E-state index in [0.717, 1.165) is 28.8 Å². The molecule has 3 rings (SSSR count). The van der Waals surface area contributed by atoms with Crippen LogP contribution < -0.4 is 4.90 Å². The number of para-hydroxylation sites is 2. The van der Waals surface area contributed by atoms with Crippen molar-refractivity contribution in [1.29, 1.82) is 0 Å². The Labute approximate surface area is 148 Å². The average Bonchev–Trinajstić information content (AvgIpc) is 2.95. The molecule has 0 fully saturated rings. The first-order valence-electron chi connectivity index (χ1n) is 8.57. The number of fused-ring (bicyclic) bond motifs is 1. The molecule has 3 aromatic rings. The van der Waals surface area contributed by atoms with Gasteiger partial charge in [-0.15, -0.1) is 0 Å². The van der Waals surface area contributed by atoms with Crippen molar-refractivity contribution >= 4 is 28.4 Å². The van der Waals surface area contributed by atoms with Gasteiger partial charge in [0.2, 0.25) is 0 Å². The fraction of sp³-hybridized carbons (Fsp3) is 0.286. The maximum absolute atomic E-state index is 12.7. The molecule has 0 radical (unpaired) electrons. The number of anilines is 2. The molecule has 0 spiro atoms. The van der Waals surface area contributed by atoms with Crippen LogP contribution >= 0.6 is 0 Å². The monoisotopic (exact) mass is 336 g/mol. The SMILES string of the molecule is CCN(c1ccccc1)c1cn(C(=O)OC(C)(C)C)c2ccccc12. The van der Waals surface area contributed by atoms with E-state index in [1.807, 2.05) is 69.4 Å². The highest BCUT2D eigenvalue weighted by atomic mass is 16.6. The molecule has 0 unspecified atom stereocenters. The van der Waals surface area contributed by atoms with E-state index >= 15 is 0 Å². The molecule has 0 saturated carbocycles. The van der Waals surface area contributed by atoms with Crippen molar-refractivity contribution in [2.24, 2.45) is 0 Å². The Hall–Kier alpha value is -2.75. The molecule has 1 heterocycles. The van der Waals surface area contributed by atoms with Crippen LogP contribution in [-0.4, -0.2) is 22.8 Å². The maximum Gasteiger partial charge on any atom is 0.419 e. The van der Waals surface area contributed by atoms with Crippen molar-refractivity contribution in [3.8, 4) is 0 Å². The lowest BCUT2D eigenvalue weighted by atomic mass is 10.2. The van der Waals surface area contributed by atoms with Gasteiger partial charge < -0.3 is 9.64 Å². The van der Waals surface area contributed by atoms with Crippen LogP contribution in [-0.2, 0) is 4.74 Å². The van der Waals surface area contributed by atoms with Gasteiger partial charge in [-0.25, -0.2) is 4.79 Å². The Balaban J connectivity index is 2.12. The molecule has 2 aromatic carbocycles. The third-order valence-corrected chi connectivity index (χ3v) is 3.96. The van der Waals surface area contributed by atoms with Gasteiger partial charge in [-0.1, -0.05) is 36.4 Å². The van der Waals surface area contributed by atoms with Crippen molar-refractivity contribution in [2.45, 2.75) is 33.3 Å². The second kappa shape index (κ2) is 6.63. The Morgan fingerprint density at radius 2 is 1.68 bits per heavy atom. The van der Waals surface area contributed by atoms with Crippen molar-refractivity contribution < 1.29 is 9.53 Å². The molecule has 0 aliphatic carbocycles. The predicted molar refractivity (Wildman–Crippen MR) is 103 cm³/mol. The number of ether oxygens (including phenoxy) is 1. The van der Waals surface area contributed by atoms with Gasteiger partial charge in [-0.3, -0.25) is 4.57 Å². The summed E-state index contributed by atoms with van der Waals surface area (Å²) in [5.41, 5.74) is 2.40. The lowest BCUT2D eigenvalue weighted by Crippen LogP contribution is -2.26. The van der Waals surface area contributed by atoms with Gasteiger partial charge in [0, 0.05) is 23.8 Å². The van der Waals surface area contributed by atoms with E-state index in [4.69, 9.17) is 4.74 Å². The Kier molecular flexibility index (Phi) is 4.53. The summed E-state index contributed by atoms with van der Waals surface area (Å²) < 4.78 is 7.17. The van der Waals surface area contributed by atoms with E-state index in [1.54, 1.807) is 4.57 Å². The molecule has 0 aliphatic heterocycles. The summed E-state index contributed by atoms with van der Waals surface area (Å²) in [4.78, 5) is 14.9. The van der Waals surface area contributed by atoms with E-state index in [2.05, 4.69) is 24.0 Å². The number of nitrogens with zero attached hydrogens (tertiary/aromatic N) is 2. The molecule has 1 aromatic heterocycles. The highest BCUT2D eigenvalue weighted by molar-refractivity contribution is 6.00. The summed E-state index contributed by atoms with van der Waals surface area (Å²) in [7, 11) is 0. The fourth-order valence-corrected chi connectivity index (χ4v) is 2.94. The lowest BCUT2D eigenvalue weighted by molar-refractivity contribution is 0.0544. The van der Waals surface area contributed by atoms with Gasteiger partial charge in [0.25, 0.3) is 0 Å². The highest BCUT2D eigenvalue weighted by Crippen LogP contribution is 2.34. The van der Waals surface area contributed by atoms with Crippen LogP contribution in [0.15, 0.2) is 60.8 Å². The average molecular weight is 336 g/mol. The van der Waals surface area contributed by atoms with Crippen molar-refractivity contribution in [3.05, 3.63) is 60.8 Å². The van der Waals surface area contributed by atoms with E-state index < -0.39 is 5.60 Å². The van der Waals surface area contributed by atoms with Crippen molar-refractivity contribution in [2.75, 3.05) is 11.4 Å². The van der Waals surface area contributed by atoms with Gasteiger partial charge >= 0.3 is 6.09 Å². The first-order chi connectivity index (χ1) is 11.9. The molecule has 25 heavy (non-hydrogen) atoms. The topological polar surface area (TPSA) is 34.5 Å².